The van der Waals surface area contributed by atoms with Crippen molar-refractivity contribution >= 4 is 38.9 Å². The second-order valence-corrected chi connectivity index (χ2v) is 8.98. The Hall–Kier alpha value is -2.05. The number of hydrogen-bond donors (Lipinski definition) is 1. The topological polar surface area (TPSA) is 66.5 Å². The Kier molecular flexibility index (Phi) is 6.89. The molecule has 2 aromatic rings. The summed E-state index contributed by atoms with van der Waals surface area (Å²) in [6, 6.07) is 10.9. The van der Waals surface area contributed by atoms with Gasteiger partial charge in [-0.2, -0.15) is 0 Å². The maximum Gasteiger partial charge on any atom is 0.232 e. The van der Waals surface area contributed by atoms with Crippen molar-refractivity contribution in [1.82, 2.24) is 0 Å². The van der Waals surface area contributed by atoms with Gasteiger partial charge in [0.15, 0.2) is 0 Å². The van der Waals surface area contributed by atoms with E-state index in [-0.39, 0.29) is 18.9 Å². The lowest BCUT2D eigenvalue weighted by Crippen LogP contribution is -2.31. The molecular formula is C20H25ClN2O3S. The molecule has 0 saturated heterocycles. The lowest BCUT2D eigenvalue weighted by molar-refractivity contribution is -0.116. The van der Waals surface area contributed by atoms with Crippen LogP contribution >= 0.6 is 11.6 Å². The fourth-order valence-corrected chi connectivity index (χ4v) is 3.84. The third-order valence-electron chi connectivity index (χ3n) is 4.49. The van der Waals surface area contributed by atoms with Crippen LogP contribution < -0.4 is 9.62 Å². The zero-order chi connectivity index (χ0) is 20.2. The number of sulfonamides is 1. The third-order valence-corrected chi connectivity index (χ3v) is 6.09. The first-order valence-corrected chi connectivity index (χ1v) is 10.9. The fourth-order valence-electron chi connectivity index (χ4n) is 2.71. The highest BCUT2D eigenvalue weighted by molar-refractivity contribution is 7.92. The summed E-state index contributed by atoms with van der Waals surface area (Å²) >= 11 is 6.06. The Morgan fingerprint density at radius 3 is 2.44 bits per heavy atom. The maximum atomic E-state index is 12.2. The number of nitrogens with zero attached hydrogens (tertiary/aromatic N) is 1. The predicted octanol–water partition coefficient (Wildman–Crippen LogP) is 4.45. The third kappa shape index (κ3) is 5.71. The molecule has 0 aliphatic heterocycles. The molecule has 0 radical (unpaired) electrons. The standard InChI is InChI=1S/C20H25ClN2O3S/c1-14-10-11-17(13-15(14)2)23(27(4,25)26)12-6-9-20(24)22-19-8-5-7-18(21)16(19)3/h5,7-8,10-11,13H,6,9,12H2,1-4H3,(H,22,24). The Morgan fingerprint density at radius 1 is 1.11 bits per heavy atom. The number of carbonyl (C=O) groups is 1. The average molecular weight is 409 g/mol. The molecule has 1 N–H and O–H groups in total. The SMILES string of the molecule is Cc1ccc(N(CCCC(=O)Nc2cccc(Cl)c2C)S(C)(=O)=O)cc1C. The Morgan fingerprint density at radius 2 is 1.81 bits per heavy atom. The van der Waals surface area contributed by atoms with Crippen molar-refractivity contribution in [2.75, 3.05) is 22.4 Å². The van der Waals surface area contributed by atoms with Crippen molar-refractivity contribution in [1.29, 1.82) is 0 Å². The monoisotopic (exact) mass is 408 g/mol. The molecule has 2 rings (SSSR count). The van der Waals surface area contributed by atoms with Crippen LogP contribution in [0.15, 0.2) is 36.4 Å². The summed E-state index contributed by atoms with van der Waals surface area (Å²) in [4.78, 5) is 12.2. The van der Waals surface area contributed by atoms with E-state index in [1.165, 1.54) is 10.6 Å². The molecule has 0 aliphatic carbocycles. The van der Waals surface area contributed by atoms with E-state index in [9.17, 15) is 13.2 Å². The van der Waals surface area contributed by atoms with Crippen LogP contribution in [0.3, 0.4) is 0 Å². The summed E-state index contributed by atoms with van der Waals surface area (Å²) in [5.41, 5.74) is 4.22. The molecular weight excluding hydrogens is 384 g/mol. The van der Waals surface area contributed by atoms with Gasteiger partial charge in [0.1, 0.15) is 0 Å². The van der Waals surface area contributed by atoms with Crippen LogP contribution in [-0.4, -0.2) is 27.1 Å². The zero-order valence-electron chi connectivity index (χ0n) is 16.0. The molecule has 7 heteroatoms. The number of amides is 1. The minimum absolute atomic E-state index is 0.172. The van der Waals surface area contributed by atoms with Crippen molar-refractivity contribution in [3.8, 4) is 0 Å². The van der Waals surface area contributed by atoms with Gasteiger partial charge >= 0.3 is 0 Å². The quantitative estimate of drug-likeness (QED) is 0.735. The Bertz CT molecular complexity index is 942. The van der Waals surface area contributed by atoms with Gasteiger partial charge in [-0.3, -0.25) is 9.10 Å². The van der Waals surface area contributed by atoms with Gasteiger partial charge in [-0.25, -0.2) is 8.42 Å². The van der Waals surface area contributed by atoms with Gasteiger partial charge in [0.25, 0.3) is 0 Å². The van der Waals surface area contributed by atoms with Gasteiger partial charge in [-0.15, -0.1) is 0 Å². The van der Waals surface area contributed by atoms with Crippen LogP contribution in [0.25, 0.3) is 0 Å². The van der Waals surface area contributed by atoms with Crippen LogP contribution in [0.4, 0.5) is 11.4 Å². The van der Waals surface area contributed by atoms with Crippen molar-refractivity contribution in [2.45, 2.75) is 33.6 Å². The molecule has 0 aromatic heterocycles. The summed E-state index contributed by atoms with van der Waals surface area (Å²) in [5.74, 6) is -0.172. The van der Waals surface area contributed by atoms with Gasteiger partial charge < -0.3 is 5.32 Å². The minimum atomic E-state index is -3.43. The molecule has 0 fully saturated rings. The summed E-state index contributed by atoms with van der Waals surface area (Å²) < 4.78 is 25.7. The normalized spacial score (nSPS) is 11.3. The number of rotatable bonds is 7. The van der Waals surface area contributed by atoms with E-state index in [2.05, 4.69) is 5.32 Å². The van der Waals surface area contributed by atoms with E-state index in [4.69, 9.17) is 11.6 Å². The number of nitrogens with one attached hydrogen (secondary N) is 1. The molecule has 0 saturated carbocycles. The van der Waals surface area contributed by atoms with Gasteiger partial charge in [0, 0.05) is 23.7 Å². The van der Waals surface area contributed by atoms with E-state index in [0.29, 0.717) is 22.8 Å². The summed E-state index contributed by atoms with van der Waals surface area (Å²) in [7, 11) is -3.43. The van der Waals surface area contributed by atoms with E-state index in [1.807, 2.05) is 32.9 Å². The fraction of sp³-hybridized carbons (Fsp3) is 0.350. The van der Waals surface area contributed by atoms with Crippen LogP contribution in [-0.2, 0) is 14.8 Å². The number of hydrogen-bond acceptors (Lipinski definition) is 3. The molecule has 5 nitrogen and oxygen atoms in total. The van der Waals surface area contributed by atoms with Crippen LogP contribution in [0.1, 0.15) is 29.5 Å². The molecule has 0 aliphatic rings. The number of halogens is 1. The van der Waals surface area contributed by atoms with E-state index < -0.39 is 10.0 Å². The number of carbonyl (C=O) groups excluding carboxylic acids is 1. The highest BCUT2D eigenvalue weighted by atomic mass is 35.5. The first-order chi connectivity index (χ1) is 12.6. The molecule has 2 aromatic carbocycles. The van der Waals surface area contributed by atoms with Crippen molar-refractivity contribution < 1.29 is 13.2 Å². The zero-order valence-corrected chi connectivity index (χ0v) is 17.6. The Labute approximate surface area is 166 Å². The van der Waals surface area contributed by atoms with Crippen molar-refractivity contribution in [3.63, 3.8) is 0 Å². The van der Waals surface area contributed by atoms with Crippen molar-refractivity contribution in [3.05, 3.63) is 58.1 Å². The molecule has 146 valence electrons. The first-order valence-electron chi connectivity index (χ1n) is 8.69. The average Bonchev–Trinajstić information content (AvgIpc) is 2.57. The highest BCUT2D eigenvalue weighted by Gasteiger charge is 2.18. The molecule has 1 amide bonds. The molecule has 0 atom stereocenters. The molecule has 0 unspecified atom stereocenters. The maximum absolute atomic E-state index is 12.2. The predicted molar refractivity (Wildman–Crippen MR) is 112 cm³/mol. The molecule has 0 heterocycles. The largest absolute Gasteiger partial charge is 0.326 e. The van der Waals surface area contributed by atoms with E-state index >= 15 is 0 Å². The number of aryl methyl sites for hydroxylation is 2. The van der Waals surface area contributed by atoms with Gasteiger partial charge in [0.05, 0.1) is 11.9 Å². The lowest BCUT2D eigenvalue weighted by Gasteiger charge is -2.23. The Balaban J connectivity index is 2.02. The summed E-state index contributed by atoms with van der Waals surface area (Å²) in [5, 5.41) is 3.42. The number of anilines is 2. The summed E-state index contributed by atoms with van der Waals surface area (Å²) in [6.07, 6.45) is 1.80. The second-order valence-electron chi connectivity index (χ2n) is 6.67. The second kappa shape index (κ2) is 8.76. The van der Waals surface area contributed by atoms with Gasteiger partial charge in [-0.1, -0.05) is 23.7 Å². The smallest absolute Gasteiger partial charge is 0.232 e. The lowest BCUT2D eigenvalue weighted by atomic mass is 10.1. The van der Waals surface area contributed by atoms with Gasteiger partial charge in [0.2, 0.25) is 15.9 Å². The van der Waals surface area contributed by atoms with E-state index in [0.717, 1.165) is 16.7 Å². The molecule has 27 heavy (non-hydrogen) atoms. The van der Waals surface area contributed by atoms with Crippen molar-refractivity contribution in [2.24, 2.45) is 0 Å². The molecule has 0 bridgehead atoms. The molecule has 0 spiro atoms. The van der Waals surface area contributed by atoms with Gasteiger partial charge in [-0.05, 0) is 68.1 Å². The van der Waals surface area contributed by atoms with Crippen LogP contribution in [0.2, 0.25) is 5.02 Å². The van der Waals surface area contributed by atoms with E-state index in [1.54, 1.807) is 24.3 Å². The first kappa shape index (κ1) is 21.3. The highest BCUT2D eigenvalue weighted by Crippen LogP contribution is 2.24. The van der Waals surface area contributed by atoms with Crippen LogP contribution in [0.5, 0.6) is 0 Å². The summed E-state index contributed by atoms with van der Waals surface area (Å²) in [6.45, 7) is 6.00. The van der Waals surface area contributed by atoms with Crippen LogP contribution in [0, 0.1) is 20.8 Å². The minimum Gasteiger partial charge on any atom is -0.326 e. The number of benzene rings is 2.